The predicted octanol–water partition coefficient (Wildman–Crippen LogP) is 2.22. The Morgan fingerprint density at radius 3 is 2.55 bits per heavy atom. The number of nitrogens with two attached hydrogens (primary N) is 1. The second-order valence-corrected chi connectivity index (χ2v) is 4.02. The SMILES string of the molecule is NC1CC/C(=C\C2CCC2)C1. The van der Waals surface area contributed by atoms with Gasteiger partial charge in [-0.1, -0.05) is 18.1 Å². The summed E-state index contributed by atoms with van der Waals surface area (Å²) in [7, 11) is 0. The molecule has 62 valence electrons. The molecule has 1 unspecified atom stereocenters. The quantitative estimate of drug-likeness (QED) is 0.571. The molecule has 2 aliphatic rings. The summed E-state index contributed by atoms with van der Waals surface area (Å²) in [6.45, 7) is 0. The topological polar surface area (TPSA) is 26.0 Å². The average molecular weight is 151 g/mol. The van der Waals surface area contributed by atoms with Gasteiger partial charge in [0.15, 0.2) is 0 Å². The summed E-state index contributed by atoms with van der Waals surface area (Å²) in [5, 5.41) is 0. The lowest BCUT2D eigenvalue weighted by atomic mass is 9.84. The zero-order chi connectivity index (χ0) is 7.68. The lowest BCUT2D eigenvalue weighted by Gasteiger charge is -2.22. The van der Waals surface area contributed by atoms with E-state index in [1.54, 1.807) is 5.57 Å². The minimum atomic E-state index is 0.473. The maximum absolute atomic E-state index is 5.82. The molecule has 0 aromatic carbocycles. The average Bonchev–Trinajstić information content (AvgIpc) is 2.27. The van der Waals surface area contributed by atoms with Crippen LogP contribution in [0.4, 0.5) is 0 Å². The first-order valence-corrected chi connectivity index (χ1v) is 4.80. The van der Waals surface area contributed by atoms with E-state index in [-0.39, 0.29) is 0 Å². The molecule has 2 saturated carbocycles. The highest BCUT2D eigenvalue weighted by Gasteiger charge is 2.19. The summed E-state index contributed by atoms with van der Waals surface area (Å²) in [6.07, 6.45) is 10.5. The minimum absolute atomic E-state index is 0.473. The van der Waals surface area contributed by atoms with Crippen LogP contribution in [-0.2, 0) is 0 Å². The van der Waals surface area contributed by atoms with E-state index in [1.165, 1.54) is 38.5 Å². The molecule has 0 aromatic heterocycles. The number of allylic oxidation sites excluding steroid dienone is 1. The van der Waals surface area contributed by atoms with Crippen LogP contribution in [0, 0.1) is 5.92 Å². The second-order valence-electron chi connectivity index (χ2n) is 4.02. The molecule has 0 bridgehead atoms. The number of hydrogen-bond donors (Lipinski definition) is 1. The maximum atomic E-state index is 5.82. The third-order valence-corrected chi connectivity index (χ3v) is 2.98. The van der Waals surface area contributed by atoms with E-state index in [0.717, 1.165) is 5.92 Å². The highest BCUT2D eigenvalue weighted by molar-refractivity contribution is 5.12. The summed E-state index contributed by atoms with van der Waals surface area (Å²) in [4.78, 5) is 0. The Labute approximate surface area is 68.7 Å². The van der Waals surface area contributed by atoms with Crippen molar-refractivity contribution >= 4 is 0 Å². The van der Waals surface area contributed by atoms with Gasteiger partial charge in [0, 0.05) is 6.04 Å². The maximum Gasteiger partial charge on any atom is 0.00791 e. The van der Waals surface area contributed by atoms with Crippen molar-refractivity contribution in [1.82, 2.24) is 0 Å². The lowest BCUT2D eigenvalue weighted by molar-refractivity contribution is 0.385. The molecule has 0 radical (unpaired) electrons. The van der Waals surface area contributed by atoms with Crippen molar-refractivity contribution in [3.05, 3.63) is 11.6 Å². The molecule has 0 saturated heterocycles. The molecule has 2 N–H and O–H groups in total. The largest absolute Gasteiger partial charge is 0.327 e. The first kappa shape index (κ1) is 7.35. The second kappa shape index (κ2) is 2.98. The van der Waals surface area contributed by atoms with E-state index in [9.17, 15) is 0 Å². The third-order valence-electron chi connectivity index (χ3n) is 2.98. The van der Waals surface area contributed by atoms with Crippen molar-refractivity contribution in [2.24, 2.45) is 11.7 Å². The van der Waals surface area contributed by atoms with Crippen molar-refractivity contribution in [3.63, 3.8) is 0 Å². The van der Waals surface area contributed by atoms with Gasteiger partial charge in [-0.3, -0.25) is 0 Å². The summed E-state index contributed by atoms with van der Waals surface area (Å²) in [5.74, 6) is 0.926. The first-order valence-electron chi connectivity index (χ1n) is 4.80. The van der Waals surface area contributed by atoms with Crippen molar-refractivity contribution < 1.29 is 0 Å². The van der Waals surface area contributed by atoms with E-state index < -0.39 is 0 Å². The van der Waals surface area contributed by atoms with Gasteiger partial charge in [0.1, 0.15) is 0 Å². The fraction of sp³-hybridized carbons (Fsp3) is 0.800. The van der Waals surface area contributed by atoms with E-state index >= 15 is 0 Å². The predicted molar refractivity (Wildman–Crippen MR) is 47.3 cm³/mol. The molecule has 2 fully saturated rings. The fourth-order valence-electron chi connectivity index (χ4n) is 2.00. The molecule has 0 amide bonds. The van der Waals surface area contributed by atoms with Gasteiger partial charge in [-0.05, 0) is 38.0 Å². The van der Waals surface area contributed by atoms with Crippen LogP contribution < -0.4 is 5.73 Å². The first-order chi connectivity index (χ1) is 5.34. The molecule has 1 nitrogen and oxygen atoms in total. The fourth-order valence-corrected chi connectivity index (χ4v) is 2.00. The Kier molecular flexibility index (Phi) is 1.99. The molecule has 0 heterocycles. The zero-order valence-electron chi connectivity index (χ0n) is 7.05. The van der Waals surface area contributed by atoms with Crippen LogP contribution in [0.15, 0.2) is 11.6 Å². The van der Waals surface area contributed by atoms with Gasteiger partial charge in [0.2, 0.25) is 0 Å². The molecule has 1 heteroatoms. The van der Waals surface area contributed by atoms with Crippen LogP contribution in [0.25, 0.3) is 0 Å². The van der Waals surface area contributed by atoms with Gasteiger partial charge < -0.3 is 5.73 Å². The minimum Gasteiger partial charge on any atom is -0.327 e. The Balaban J connectivity index is 1.88. The van der Waals surface area contributed by atoms with Crippen LogP contribution in [-0.4, -0.2) is 6.04 Å². The van der Waals surface area contributed by atoms with Gasteiger partial charge in [-0.25, -0.2) is 0 Å². The van der Waals surface area contributed by atoms with E-state index in [4.69, 9.17) is 5.73 Å². The zero-order valence-corrected chi connectivity index (χ0v) is 7.05. The summed E-state index contributed by atoms with van der Waals surface area (Å²) < 4.78 is 0. The smallest absolute Gasteiger partial charge is 0.00791 e. The third kappa shape index (κ3) is 1.64. The van der Waals surface area contributed by atoms with Crippen molar-refractivity contribution in [1.29, 1.82) is 0 Å². The van der Waals surface area contributed by atoms with Gasteiger partial charge in [-0.2, -0.15) is 0 Å². The van der Waals surface area contributed by atoms with Gasteiger partial charge >= 0.3 is 0 Å². The highest BCUT2D eigenvalue weighted by atomic mass is 14.6. The Bertz CT molecular complexity index is 168. The standard InChI is InChI=1S/C10H17N/c11-10-5-4-9(7-10)6-8-2-1-3-8/h6,8,10H,1-5,7,11H2/b9-6+. The van der Waals surface area contributed by atoms with Gasteiger partial charge in [-0.15, -0.1) is 0 Å². The molecule has 2 aliphatic carbocycles. The van der Waals surface area contributed by atoms with Gasteiger partial charge in [0.05, 0.1) is 0 Å². The summed E-state index contributed by atoms with van der Waals surface area (Å²) in [6, 6.07) is 0.473. The van der Waals surface area contributed by atoms with E-state index in [0.29, 0.717) is 6.04 Å². The monoisotopic (exact) mass is 151 g/mol. The molecule has 11 heavy (non-hydrogen) atoms. The Morgan fingerprint density at radius 2 is 2.09 bits per heavy atom. The number of rotatable bonds is 1. The van der Waals surface area contributed by atoms with Crippen LogP contribution in [0.2, 0.25) is 0 Å². The van der Waals surface area contributed by atoms with E-state index in [1.807, 2.05) is 0 Å². The van der Waals surface area contributed by atoms with Gasteiger partial charge in [0.25, 0.3) is 0 Å². The molecule has 2 rings (SSSR count). The number of hydrogen-bond acceptors (Lipinski definition) is 1. The van der Waals surface area contributed by atoms with Crippen LogP contribution in [0.5, 0.6) is 0 Å². The Morgan fingerprint density at radius 1 is 1.27 bits per heavy atom. The normalized spacial score (nSPS) is 36.1. The van der Waals surface area contributed by atoms with Crippen molar-refractivity contribution in [2.75, 3.05) is 0 Å². The molecule has 0 aromatic rings. The Hall–Kier alpha value is -0.300. The van der Waals surface area contributed by atoms with Crippen LogP contribution in [0.1, 0.15) is 38.5 Å². The van der Waals surface area contributed by atoms with Crippen LogP contribution >= 0.6 is 0 Å². The van der Waals surface area contributed by atoms with E-state index in [2.05, 4.69) is 6.08 Å². The molecular weight excluding hydrogens is 134 g/mol. The molecular formula is C10H17N. The highest BCUT2D eigenvalue weighted by Crippen LogP contribution is 2.32. The molecule has 0 spiro atoms. The lowest BCUT2D eigenvalue weighted by Crippen LogP contribution is -2.13. The van der Waals surface area contributed by atoms with Crippen molar-refractivity contribution in [2.45, 2.75) is 44.6 Å². The molecule has 1 atom stereocenters. The summed E-state index contributed by atoms with van der Waals surface area (Å²) in [5.41, 5.74) is 7.46. The summed E-state index contributed by atoms with van der Waals surface area (Å²) >= 11 is 0. The van der Waals surface area contributed by atoms with Crippen molar-refractivity contribution in [3.8, 4) is 0 Å². The molecule has 0 aliphatic heterocycles. The van der Waals surface area contributed by atoms with Crippen LogP contribution in [0.3, 0.4) is 0 Å².